The van der Waals surface area contributed by atoms with E-state index in [2.05, 4.69) is 42.8 Å². The van der Waals surface area contributed by atoms with E-state index in [0.29, 0.717) is 0 Å². The molecule has 0 aromatic heterocycles. The molecule has 16 heavy (non-hydrogen) atoms. The Morgan fingerprint density at radius 3 is 2.38 bits per heavy atom. The molecule has 1 aliphatic rings. The minimum Gasteiger partial charge on any atom is -0.344 e. The molecule has 1 aliphatic heterocycles. The summed E-state index contributed by atoms with van der Waals surface area (Å²) in [6.45, 7) is 10.3. The molecule has 0 spiro atoms. The van der Waals surface area contributed by atoms with Crippen molar-refractivity contribution < 1.29 is 9.47 Å². The molecule has 94 valence electrons. The molecule has 0 aromatic carbocycles. The molecule has 1 heterocycles. The molecule has 1 fully saturated rings. The zero-order chi connectivity index (χ0) is 12.4. The summed E-state index contributed by atoms with van der Waals surface area (Å²) in [5.41, 5.74) is 1.22. The van der Waals surface area contributed by atoms with Gasteiger partial charge in [0.25, 0.3) is 0 Å². The zero-order valence-electron chi connectivity index (χ0n) is 11.0. The van der Waals surface area contributed by atoms with Gasteiger partial charge in [-0.25, -0.2) is 0 Å². The average Bonchev–Trinajstić information content (AvgIpc) is 2.31. The molecule has 2 nitrogen and oxygen atoms in total. The summed E-state index contributed by atoms with van der Waals surface area (Å²) in [4.78, 5) is 0. The van der Waals surface area contributed by atoms with Gasteiger partial charge in [0.1, 0.15) is 0 Å². The number of halogens is 1. The Balaban J connectivity index is 2.52. The van der Waals surface area contributed by atoms with E-state index in [4.69, 9.17) is 9.47 Å². The van der Waals surface area contributed by atoms with Crippen molar-refractivity contribution in [3.8, 4) is 0 Å². The summed E-state index contributed by atoms with van der Waals surface area (Å²) in [5.74, 6) is -0.443. The molecule has 0 N–H and O–H groups in total. The van der Waals surface area contributed by atoms with Gasteiger partial charge < -0.3 is 9.47 Å². The zero-order valence-corrected chi connectivity index (χ0v) is 12.6. The number of ether oxygens (including phenoxy) is 2. The van der Waals surface area contributed by atoms with Crippen LogP contribution in [0.25, 0.3) is 0 Å². The van der Waals surface area contributed by atoms with E-state index >= 15 is 0 Å². The number of allylic oxidation sites excluding steroid dienone is 2. The molecule has 0 amide bonds. The highest BCUT2D eigenvalue weighted by molar-refractivity contribution is 9.09. The molecule has 0 aromatic rings. The lowest BCUT2D eigenvalue weighted by atomic mass is 9.96. The van der Waals surface area contributed by atoms with Gasteiger partial charge in [-0.3, -0.25) is 0 Å². The first-order valence-corrected chi connectivity index (χ1v) is 6.98. The van der Waals surface area contributed by atoms with Crippen molar-refractivity contribution in [3.05, 3.63) is 11.6 Å². The van der Waals surface area contributed by atoms with E-state index in [1.807, 2.05) is 13.8 Å². The highest BCUT2D eigenvalue weighted by Gasteiger charge is 2.46. The van der Waals surface area contributed by atoms with Gasteiger partial charge >= 0.3 is 0 Å². The van der Waals surface area contributed by atoms with E-state index in [-0.39, 0.29) is 11.7 Å². The fourth-order valence-corrected chi connectivity index (χ4v) is 2.76. The Morgan fingerprint density at radius 2 is 1.94 bits per heavy atom. The van der Waals surface area contributed by atoms with Crippen LogP contribution in [0.3, 0.4) is 0 Å². The van der Waals surface area contributed by atoms with Crippen LogP contribution >= 0.6 is 15.9 Å². The second-order valence-corrected chi connectivity index (χ2v) is 6.10. The predicted molar refractivity (Wildman–Crippen MR) is 70.9 cm³/mol. The Morgan fingerprint density at radius 1 is 1.31 bits per heavy atom. The monoisotopic (exact) mass is 290 g/mol. The molecule has 0 radical (unpaired) electrons. The lowest BCUT2D eigenvalue weighted by molar-refractivity contribution is -0.157. The predicted octanol–water partition coefficient (Wildman–Crippen LogP) is 4.04. The van der Waals surface area contributed by atoms with Gasteiger partial charge in [-0.2, -0.15) is 0 Å². The number of alkyl halides is 1. The first kappa shape index (κ1) is 14.2. The third-order valence-electron chi connectivity index (χ3n) is 2.94. The van der Waals surface area contributed by atoms with Gasteiger partial charge in [0.15, 0.2) is 5.79 Å². The topological polar surface area (TPSA) is 18.5 Å². The van der Waals surface area contributed by atoms with E-state index < -0.39 is 5.79 Å². The fourth-order valence-electron chi connectivity index (χ4n) is 2.21. The lowest BCUT2D eigenvalue weighted by Crippen LogP contribution is -2.33. The second kappa shape index (κ2) is 5.19. The van der Waals surface area contributed by atoms with Crippen molar-refractivity contribution in [2.24, 2.45) is 0 Å². The third kappa shape index (κ3) is 3.86. The molecule has 1 unspecified atom stereocenters. The molecule has 1 rings (SSSR count). The first-order valence-electron chi connectivity index (χ1n) is 5.86. The maximum atomic E-state index is 5.93. The lowest BCUT2D eigenvalue weighted by Gasteiger charge is -2.23. The summed E-state index contributed by atoms with van der Waals surface area (Å²) < 4.78 is 11.8. The highest BCUT2D eigenvalue weighted by atomic mass is 79.9. The molecule has 3 heteroatoms. The molecule has 0 bridgehead atoms. The van der Waals surface area contributed by atoms with Crippen molar-refractivity contribution >= 4 is 15.9 Å². The average molecular weight is 291 g/mol. The smallest absolute Gasteiger partial charge is 0.164 e. The largest absolute Gasteiger partial charge is 0.344 e. The summed E-state index contributed by atoms with van der Waals surface area (Å²) >= 11 is 3.41. The summed E-state index contributed by atoms with van der Waals surface area (Å²) in [6.07, 6.45) is 4.47. The summed E-state index contributed by atoms with van der Waals surface area (Å²) in [5, 5.41) is 0.926. The van der Waals surface area contributed by atoms with Crippen LogP contribution in [0.4, 0.5) is 0 Å². The van der Waals surface area contributed by atoms with Crippen LogP contribution in [0.15, 0.2) is 11.6 Å². The molecule has 0 aliphatic carbocycles. The first-order chi connectivity index (χ1) is 7.27. The van der Waals surface area contributed by atoms with Crippen LogP contribution in [0.1, 0.15) is 47.5 Å². The minimum absolute atomic E-state index is 0.182. The summed E-state index contributed by atoms with van der Waals surface area (Å²) in [7, 11) is 0. The van der Waals surface area contributed by atoms with Gasteiger partial charge in [-0.05, 0) is 47.5 Å². The normalized spacial score (nSPS) is 28.4. The van der Waals surface area contributed by atoms with Crippen molar-refractivity contribution in [2.75, 3.05) is 5.33 Å². The Labute approximate surface area is 108 Å². The quantitative estimate of drug-likeness (QED) is 0.575. The van der Waals surface area contributed by atoms with Gasteiger partial charge in [0, 0.05) is 5.33 Å². The standard InChI is InChI=1S/C13H23BrO2/c1-10(8-9-14)6-7-11-12(2,3)16-13(4,5)15-11/h8,11H,6-7,9H2,1-5H3/b10-8+. The minimum atomic E-state index is -0.443. The van der Waals surface area contributed by atoms with Crippen LogP contribution in [0.2, 0.25) is 0 Å². The van der Waals surface area contributed by atoms with E-state index in [9.17, 15) is 0 Å². The van der Waals surface area contributed by atoms with Crippen molar-refractivity contribution in [3.63, 3.8) is 0 Å². The Hall–Kier alpha value is 0.140. The fraction of sp³-hybridized carbons (Fsp3) is 0.846. The molecular formula is C13H23BrO2. The van der Waals surface area contributed by atoms with Crippen LogP contribution in [0.5, 0.6) is 0 Å². The molecule has 1 atom stereocenters. The van der Waals surface area contributed by atoms with Gasteiger partial charge in [0.05, 0.1) is 11.7 Å². The molecule has 0 saturated carbocycles. The Kier molecular flexibility index (Phi) is 4.61. The van der Waals surface area contributed by atoms with E-state index in [1.165, 1.54) is 5.57 Å². The number of hydrogen-bond acceptors (Lipinski definition) is 2. The maximum absolute atomic E-state index is 5.93. The van der Waals surface area contributed by atoms with E-state index in [1.54, 1.807) is 0 Å². The van der Waals surface area contributed by atoms with Gasteiger partial charge in [0.2, 0.25) is 0 Å². The van der Waals surface area contributed by atoms with Crippen molar-refractivity contribution in [1.29, 1.82) is 0 Å². The highest BCUT2D eigenvalue weighted by Crippen LogP contribution is 2.38. The van der Waals surface area contributed by atoms with Gasteiger partial charge in [-0.1, -0.05) is 27.6 Å². The Bertz CT molecular complexity index is 269. The summed E-state index contributed by atoms with van der Waals surface area (Å²) in [6, 6.07) is 0. The van der Waals surface area contributed by atoms with Crippen LogP contribution in [-0.2, 0) is 9.47 Å². The van der Waals surface area contributed by atoms with E-state index in [0.717, 1.165) is 18.2 Å². The molecular weight excluding hydrogens is 268 g/mol. The number of rotatable bonds is 4. The number of hydrogen-bond donors (Lipinski definition) is 0. The van der Waals surface area contributed by atoms with Crippen LogP contribution in [-0.4, -0.2) is 22.8 Å². The molecule has 1 saturated heterocycles. The van der Waals surface area contributed by atoms with Gasteiger partial charge in [-0.15, -0.1) is 0 Å². The third-order valence-corrected chi connectivity index (χ3v) is 3.26. The second-order valence-electron chi connectivity index (χ2n) is 5.46. The maximum Gasteiger partial charge on any atom is 0.164 e. The SMILES string of the molecule is C/C(=C\CBr)CCC1OC(C)(C)OC1(C)C. The van der Waals surface area contributed by atoms with Crippen molar-refractivity contribution in [1.82, 2.24) is 0 Å². The van der Waals surface area contributed by atoms with Crippen LogP contribution < -0.4 is 0 Å². The van der Waals surface area contributed by atoms with Crippen molar-refractivity contribution in [2.45, 2.75) is 65.0 Å². The van der Waals surface area contributed by atoms with Crippen LogP contribution in [0, 0.1) is 0 Å².